The molecule has 61 heavy (non-hydrogen) atoms. The fraction of sp³-hybridized carbons (Fsp3) is 0.0536. The van der Waals surface area contributed by atoms with Crippen molar-refractivity contribution >= 4 is 39.0 Å². The topological polar surface area (TPSA) is 115 Å². The first-order chi connectivity index (χ1) is 29.7. The molecule has 0 amide bonds. The van der Waals surface area contributed by atoms with Gasteiger partial charge in [-0.3, -0.25) is 0 Å². The van der Waals surface area contributed by atoms with Gasteiger partial charge in [-0.1, -0.05) is 199 Å². The van der Waals surface area contributed by atoms with Gasteiger partial charge >= 0.3 is 0 Å². The van der Waals surface area contributed by atoms with Crippen LogP contribution in [0.15, 0.2) is 223 Å². The molecule has 7 N–H and O–H groups in total. The maximum Gasteiger partial charge on any atom is 0.136 e. The van der Waals surface area contributed by atoms with Gasteiger partial charge in [0.1, 0.15) is 11.2 Å². The lowest BCUT2D eigenvalue weighted by Crippen LogP contribution is -2.09. The first kappa shape index (κ1) is 41.4. The van der Waals surface area contributed by atoms with Crippen molar-refractivity contribution in [3.05, 3.63) is 252 Å². The summed E-state index contributed by atoms with van der Waals surface area (Å²) in [5.74, 6) is 0. The zero-order valence-electron chi connectivity index (χ0n) is 34.5. The molecule has 1 heterocycles. The Balaban J connectivity index is 0.000000192. The second-order valence-corrected chi connectivity index (χ2v) is 14.9. The van der Waals surface area contributed by atoms with E-state index in [-0.39, 0.29) is 6.04 Å². The molecule has 0 aliphatic rings. The van der Waals surface area contributed by atoms with Gasteiger partial charge in [0.15, 0.2) is 0 Å². The summed E-state index contributed by atoms with van der Waals surface area (Å²) in [4.78, 5) is 0. The normalized spacial score (nSPS) is 11.9. The third-order valence-electron chi connectivity index (χ3n) is 10.4. The number of para-hydroxylation sites is 1. The van der Waals surface area contributed by atoms with Crippen LogP contribution in [0, 0.1) is 19.3 Å². The van der Waals surface area contributed by atoms with Gasteiger partial charge in [-0.2, -0.15) is 0 Å². The van der Waals surface area contributed by atoms with E-state index in [2.05, 4.69) is 80.6 Å². The molecule has 5 nitrogen and oxygen atoms in total. The molecule has 300 valence electrons. The third-order valence-corrected chi connectivity index (χ3v) is 10.4. The Bertz CT molecular complexity index is 2880. The number of aryl methyl sites for hydroxylation is 2. The Hall–Kier alpha value is -7.73. The molecule has 0 saturated carbocycles. The van der Waals surface area contributed by atoms with Crippen LogP contribution in [0.3, 0.4) is 0 Å². The smallest absolute Gasteiger partial charge is 0.136 e. The predicted octanol–water partition coefficient (Wildman–Crippen LogP) is 13.3. The lowest BCUT2D eigenvalue weighted by atomic mass is 9.93. The van der Waals surface area contributed by atoms with Crippen molar-refractivity contribution in [2.75, 3.05) is 0 Å². The summed E-state index contributed by atoms with van der Waals surface area (Å²) < 4.78 is 6.30. The van der Waals surface area contributed by atoms with Gasteiger partial charge in [0, 0.05) is 22.2 Å². The van der Waals surface area contributed by atoms with E-state index in [0.29, 0.717) is 17.1 Å². The summed E-state index contributed by atoms with van der Waals surface area (Å²) in [5, 5.41) is 10.6. The largest absolute Gasteiger partial charge is 0.456 e. The molecule has 0 spiro atoms. The molecular weight excluding hydrogens is 745 g/mol. The minimum absolute atomic E-state index is 0.170. The minimum Gasteiger partial charge on any atom is -0.456 e. The monoisotopic (exact) mass is 794 g/mol. The Morgan fingerprint density at radius 3 is 1.61 bits per heavy atom. The van der Waals surface area contributed by atoms with Crippen LogP contribution in [0.1, 0.15) is 39.4 Å². The van der Waals surface area contributed by atoms with Crippen LogP contribution in [0.25, 0.3) is 55.6 Å². The van der Waals surface area contributed by atoms with Crippen LogP contribution < -0.4 is 17.2 Å². The number of furan rings is 1. The second kappa shape index (κ2) is 19.8. The van der Waals surface area contributed by atoms with E-state index in [1.54, 1.807) is 6.08 Å². The van der Waals surface area contributed by atoms with Crippen LogP contribution in [0.4, 0.5) is 0 Å². The predicted molar refractivity (Wildman–Crippen MR) is 258 cm³/mol. The highest BCUT2D eigenvalue weighted by molar-refractivity contribution is 6.14. The van der Waals surface area contributed by atoms with Gasteiger partial charge < -0.3 is 27.0 Å². The van der Waals surface area contributed by atoms with E-state index in [1.807, 2.05) is 146 Å². The van der Waals surface area contributed by atoms with E-state index in [1.165, 1.54) is 11.1 Å². The SMILES string of the molecule is Cc1ccc(-c2cc(-c3ccc(/C(N)=C/C(=N)c4ccccc4)cc3)c3c(c2)oc2ccccc23)cc1.Cc1ccccc1.N/C(=C\C(N)c1ccccc1)c1ccccc1. The quantitative estimate of drug-likeness (QED) is 0.115. The van der Waals surface area contributed by atoms with Gasteiger partial charge in [0.05, 0.1) is 11.8 Å². The highest BCUT2D eigenvalue weighted by Gasteiger charge is 2.15. The van der Waals surface area contributed by atoms with Crippen LogP contribution in [0.5, 0.6) is 0 Å². The van der Waals surface area contributed by atoms with Crippen molar-refractivity contribution in [1.29, 1.82) is 5.41 Å². The fourth-order valence-corrected chi connectivity index (χ4v) is 7.00. The Morgan fingerprint density at radius 2 is 1.00 bits per heavy atom. The summed E-state index contributed by atoms with van der Waals surface area (Å²) in [6, 6.07) is 68.8. The number of benzene rings is 8. The molecule has 5 heteroatoms. The number of nitrogens with one attached hydrogen (secondary N) is 1. The average molecular weight is 795 g/mol. The molecular formula is C56H50N4O. The van der Waals surface area contributed by atoms with E-state index in [0.717, 1.165) is 66.4 Å². The highest BCUT2D eigenvalue weighted by Crippen LogP contribution is 2.40. The molecule has 1 atom stereocenters. The number of allylic oxidation sites excluding steroid dienone is 1. The first-order valence-corrected chi connectivity index (χ1v) is 20.3. The standard InChI is InChI=1S/C34H26N2O.C15H16N2.C7H8/c1-22-11-13-23(14-12-22)27-19-29(34-28-9-5-6-10-32(28)37-33(34)20-27)24-15-17-26(18-16-24)31(36)21-30(35)25-7-3-2-4-8-25;16-14(12-7-3-1-4-8-12)11-15(17)13-9-5-2-6-10-13;1-7-5-3-2-4-6-7/h2-21,35H,36H2,1H3;1-11,14H,16-17H2;2-6H,1H3/b31-21-,35-30?;15-11-;. The third kappa shape index (κ3) is 10.7. The second-order valence-electron chi connectivity index (χ2n) is 14.9. The molecule has 1 aromatic heterocycles. The van der Waals surface area contributed by atoms with Gasteiger partial charge in [-0.05, 0) is 88.7 Å². The number of nitrogens with two attached hydrogens (primary N) is 3. The molecule has 0 bridgehead atoms. The highest BCUT2D eigenvalue weighted by atomic mass is 16.3. The van der Waals surface area contributed by atoms with Crippen LogP contribution in [-0.2, 0) is 0 Å². The molecule has 8 aromatic carbocycles. The van der Waals surface area contributed by atoms with Gasteiger partial charge in [0.2, 0.25) is 0 Å². The van der Waals surface area contributed by atoms with Crippen molar-refractivity contribution in [1.82, 2.24) is 0 Å². The average Bonchev–Trinajstić information content (AvgIpc) is 3.69. The Morgan fingerprint density at radius 1 is 0.492 bits per heavy atom. The van der Waals surface area contributed by atoms with Crippen LogP contribution >= 0.6 is 0 Å². The molecule has 0 aliphatic carbocycles. The summed E-state index contributed by atoms with van der Waals surface area (Å²) in [5.41, 5.74) is 32.7. The molecule has 0 radical (unpaired) electrons. The zero-order chi connectivity index (χ0) is 42.6. The van der Waals surface area contributed by atoms with Gasteiger partial charge in [-0.15, -0.1) is 0 Å². The number of fused-ring (bicyclic) bond motifs is 3. The van der Waals surface area contributed by atoms with Gasteiger partial charge in [0.25, 0.3) is 0 Å². The maximum absolute atomic E-state index is 8.39. The zero-order valence-corrected chi connectivity index (χ0v) is 34.5. The molecule has 0 aliphatic heterocycles. The van der Waals surface area contributed by atoms with Crippen molar-refractivity contribution in [2.24, 2.45) is 17.2 Å². The van der Waals surface area contributed by atoms with Crippen LogP contribution in [-0.4, -0.2) is 5.71 Å². The first-order valence-electron chi connectivity index (χ1n) is 20.3. The summed E-state index contributed by atoms with van der Waals surface area (Å²) >= 11 is 0. The van der Waals surface area contributed by atoms with Crippen LogP contribution in [0.2, 0.25) is 0 Å². The van der Waals surface area contributed by atoms with Crippen molar-refractivity contribution in [3.63, 3.8) is 0 Å². The van der Waals surface area contributed by atoms with E-state index >= 15 is 0 Å². The fourth-order valence-electron chi connectivity index (χ4n) is 7.00. The maximum atomic E-state index is 8.39. The Labute approximate surface area is 358 Å². The molecule has 0 fully saturated rings. The van der Waals surface area contributed by atoms with Crippen molar-refractivity contribution in [2.45, 2.75) is 19.9 Å². The molecule has 9 aromatic rings. The lowest BCUT2D eigenvalue weighted by molar-refractivity contribution is 0.669. The van der Waals surface area contributed by atoms with Crippen molar-refractivity contribution < 1.29 is 4.42 Å². The summed E-state index contributed by atoms with van der Waals surface area (Å²) in [7, 11) is 0. The number of hydrogen-bond donors (Lipinski definition) is 4. The lowest BCUT2D eigenvalue weighted by Gasteiger charge is -2.10. The van der Waals surface area contributed by atoms with E-state index in [4.69, 9.17) is 27.0 Å². The van der Waals surface area contributed by atoms with E-state index in [9.17, 15) is 0 Å². The molecule has 0 saturated heterocycles. The summed E-state index contributed by atoms with van der Waals surface area (Å²) in [6.45, 7) is 4.18. The number of rotatable bonds is 8. The molecule has 1 unspecified atom stereocenters. The summed E-state index contributed by atoms with van der Waals surface area (Å²) in [6.07, 6.45) is 3.59. The van der Waals surface area contributed by atoms with Crippen molar-refractivity contribution in [3.8, 4) is 22.3 Å². The van der Waals surface area contributed by atoms with E-state index < -0.39 is 0 Å². The van der Waals surface area contributed by atoms with Gasteiger partial charge in [-0.25, -0.2) is 0 Å². The molecule has 9 rings (SSSR count). The Kier molecular flexibility index (Phi) is 13.5. The minimum atomic E-state index is -0.170. The number of hydrogen-bond acceptors (Lipinski definition) is 5.